The monoisotopic (exact) mass is 300 g/mol. The maximum absolute atomic E-state index is 11.8. The summed E-state index contributed by atoms with van der Waals surface area (Å²) >= 11 is 0. The summed E-state index contributed by atoms with van der Waals surface area (Å²) in [5, 5.41) is 5.30. The van der Waals surface area contributed by atoms with Gasteiger partial charge in [-0.2, -0.15) is 0 Å². The average Bonchev–Trinajstić information content (AvgIpc) is 2.29. The lowest BCUT2D eigenvalue weighted by molar-refractivity contribution is 0.372. The molecule has 0 heterocycles. The molecule has 0 aliphatic carbocycles. The number of rotatable bonds is 6. The predicted molar refractivity (Wildman–Crippen MR) is 83.3 cm³/mol. The maximum atomic E-state index is 11.8. The van der Waals surface area contributed by atoms with Crippen LogP contribution in [0.25, 0.3) is 0 Å². The van der Waals surface area contributed by atoms with Gasteiger partial charge in [-0.1, -0.05) is 0 Å². The lowest BCUT2D eigenvalue weighted by atomic mass is 10.2. The van der Waals surface area contributed by atoms with Crippen LogP contribution in [0.2, 0.25) is 0 Å². The Labute approximate surface area is 121 Å². The van der Waals surface area contributed by atoms with Crippen LogP contribution >= 0.6 is 0 Å². The number of hydrogen-bond acceptors (Lipinski definition) is 5. The zero-order chi connectivity index (χ0) is 15.5. The van der Waals surface area contributed by atoms with Gasteiger partial charge in [0.1, 0.15) is 4.90 Å². The lowest BCUT2D eigenvalue weighted by Gasteiger charge is -2.33. The molecule has 1 unspecified atom stereocenters. The second-order valence-electron chi connectivity index (χ2n) is 5.17. The van der Waals surface area contributed by atoms with Crippen LogP contribution in [0, 0.1) is 0 Å². The van der Waals surface area contributed by atoms with E-state index in [9.17, 15) is 8.42 Å². The fourth-order valence-corrected chi connectivity index (χ4v) is 3.12. The number of hydrogen-bond donors (Lipinski definition) is 2. The van der Waals surface area contributed by atoms with E-state index in [1.807, 2.05) is 32.8 Å². The highest BCUT2D eigenvalue weighted by molar-refractivity contribution is 7.89. The van der Waals surface area contributed by atoms with Gasteiger partial charge in [-0.15, -0.1) is 0 Å². The van der Waals surface area contributed by atoms with Crippen molar-refractivity contribution in [2.75, 3.05) is 37.8 Å². The van der Waals surface area contributed by atoms with Crippen molar-refractivity contribution in [2.24, 2.45) is 5.14 Å². The minimum Gasteiger partial charge on any atom is -0.399 e. The fourth-order valence-electron chi connectivity index (χ4n) is 2.34. The second-order valence-corrected chi connectivity index (χ2v) is 6.70. The molecule has 0 saturated heterocycles. The minimum absolute atomic E-state index is 0.0740. The highest BCUT2D eigenvalue weighted by atomic mass is 32.2. The molecular formula is C13H24N4O2S. The molecule has 0 aliphatic heterocycles. The van der Waals surface area contributed by atoms with Gasteiger partial charge in [-0.05, 0) is 46.1 Å². The number of nitrogen functional groups attached to an aromatic ring is 1. The lowest BCUT2D eigenvalue weighted by Crippen LogP contribution is -2.41. The zero-order valence-electron chi connectivity index (χ0n) is 12.5. The summed E-state index contributed by atoms with van der Waals surface area (Å²) in [5.74, 6) is 0. The van der Waals surface area contributed by atoms with E-state index in [1.54, 1.807) is 12.1 Å². The smallest absolute Gasteiger partial charge is 0.240 e. The Morgan fingerprint density at radius 3 is 2.35 bits per heavy atom. The van der Waals surface area contributed by atoms with E-state index < -0.39 is 10.0 Å². The molecule has 6 nitrogen and oxygen atoms in total. The Hall–Kier alpha value is -1.31. The summed E-state index contributed by atoms with van der Waals surface area (Å²) in [7, 11) is 0.152. The molecule has 1 aromatic carbocycles. The Morgan fingerprint density at radius 2 is 1.90 bits per heavy atom. The number of sulfonamides is 1. The van der Waals surface area contributed by atoms with Crippen molar-refractivity contribution in [3.05, 3.63) is 18.2 Å². The first-order chi connectivity index (χ1) is 9.16. The molecule has 1 atom stereocenters. The Morgan fingerprint density at radius 1 is 1.30 bits per heavy atom. The Bertz CT molecular complexity index is 557. The molecule has 0 radical (unpaired) electrons. The number of benzene rings is 1. The van der Waals surface area contributed by atoms with Gasteiger partial charge in [0.15, 0.2) is 0 Å². The molecule has 20 heavy (non-hydrogen) atoms. The van der Waals surface area contributed by atoms with Gasteiger partial charge in [0.25, 0.3) is 0 Å². The number of primary sulfonamides is 1. The van der Waals surface area contributed by atoms with Crippen LogP contribution in [-0.4, -0.2) is 46.5 Å². The van der Waals surface area contributed by atoms with Crippen molar-refractivity contribution in [1.29, 1.82) is 0 Å². The second kappa shape index (κ2) is 6.43. The molecule has 0 aromatic heterocycles. The van der Waals surface area contributed by atoms with E-state index in [0.29, 0.717) is 17.9 Å². The number of nitrogens with two attached hydrogens (primary N) is 2. The van der Waals surface area contributed by atoms with Crippen LogP contribution in [0.3, 0.4) is 0 Å². The van der Waals surface area contributed by atoms with Crippen molar-refractivity contribution < 1.29 is 8.42 Å². The number of likely N-dealkylation sites (N-methyl/N-ethyl adjacent to an activating group) is 2. The Kier molecular flexibility index (Phi) is 5.38. The summed E-state index contributed by atoms with van der Waals surface area (Å²) in [6, 6.07) is 4.97. The normalized spacial score (nSPS) is 13.5. The first-order valence-electron chi connectivity index (χ1n) is 6.50. The fraction of sp³-hybridized carbons (Fsp3) is 0.538. The molecular weight excluding hydrogens is 276 g/mol. The van der Waals surface area contributed by atoms with Crippen LogP contribution < -0.4 is 15.8 Å². The van der Waals surface area contributed by atoms with E-state index in [0.717, 1.165) is 6.54 Å². The summed E-state index contributed by atoms with van der Waals surface area (Å²) in [6.45, 7) is 5.52. The van der Waals surface area contributed by atoms with Gasteiger partial charge in [0, 0.05) is 24.8 Å². The molecule has 7 heteroatoms. The molecule has 0 bridgehead atoms. The van der Waals surface area contributed by atoms with Gasteiger partial charge in [0.2, 0.25) is 10.0 Å². The third-order valence-electron chi connectivity index (χ3n) is 3.10. The summed E-state index contributed by atoms with van der Waals surface area (Å²) in [6.07, 6.45) is 0. The standard InChI is InChI=1S/C13H24N4O2S/c1-5-17(10(2)9-16(3)4)12-7-6-11(14)8-13(12)20(15,18)19/h6-8,10H,5,9,14H2,1-4H3,(H2,15,18,19). The summed E-state index contributed by atoms with van der Waals surface area (Å²) in [4.78, 5) is 4.14. The predicted octanol–water partition coefficient (Wildman–Crippen LogP) is 0.693. The maximum Gasteiger partial charge on any atom is 0.240 e. The van der Waals surface area contributed by atoms with Crippen molar-refractivity contribution in [2.45, 2.75) is 24.8 Å². The highest BCUT2D eigenvalue weighted by Gasteiger charge is 2.22. The minimum atomic E-state index is -3.81. The molecule has 0 amide bonds. The topological polar surface area (TPSA) is 92.7 Å². The molecule has 4 N–H and O–H groups in total. The van der Waals surface area contributed by atoms with E-state index in [4.69, 9.17) is 10.9 Å². The van der Waals surface area contributed by atoms with Crippen molar-refractivity contribution >= 4 is 21.4 Å². The SMILES string of the molecule is CCN(c1ccc(N)cc1S(N)(=O)=O)C(C)CN(C)C. The van der Waals surface area contributed by atoms with Crippen LogP contribution in [-0.2, 0) is 10.0 Å². The zero-order valence-corrected chi connectivity index (χ0v) is 13.3. The van der Waals surface area contributed by atoms with Crippen molar-refractivity contribution in [1.82, 2.24) is 4.90 Å². The average molecular weight is 300 g/mol. The van der Waals surface area contributed by atoms with Crippen LogP contribution in [0.4, 0.5) is 11.4 Å². The van der Waals surface area contributed by atoms with Gasteiger partial charge in [-0.25, -0.2) is 13.6 Å². The molecule has 0 fully saturated rings. The van der Waals surface area contributed by atoms with Gasteiger partial charge >= 0.3 is 0 Å². The highest BCUT2D eigenvalue weighted by Crippen LogP contribution is 2.28. The van der Waals surface area contributed by atoms with Gasteiger partial charge in [-0.3, -0.25) is 0 Å². The van der Waals surface area contributed by atoms with E-state index in [1.165, 1.54) is 6.07 Å². The number of anilines is 2. The molecule has 1 aromatic rings. The summed E-state index contributed by atoms with van der Waals surface area (Å²) < 4.78 is 23.5. The summed E-state index contributed by atoms with van der Waals surface area (Å²) in [5.41, 5.74) is 6.66. The largest absolute Gasteiger partial charge is 0.399 e. The number of nitrogens with zero attached hydrogens (tertiary/aromatic N) is 2. The van der Waals surface area contributed by atoms with E-state index in [2.05, 4.69) is 4.90 Å². The third kappa shape index (κ3) is 4.09. The first-order valence-corrected chi connectivity index (χ1v) is 8.05. The molecule has 0 saturated carbocycles. The quantitative estimate of drug-likeness (QED) is 0.754. The van der Waals surface area contributed by atoms with E-state index in [-0.39, 0.29) is 10.9 Å². The van der Waals surface area contributed by atoms with Gasteiger partial charge in [0.05, 0.1) is 5.69 Å². The molecule has 114 valence electrons. The van der Waals surface area contributed by atoms with Crippen molar-refractivity contribution in [3.8, 4) is 0 Å². The van der Waals surface area contributed by atoms with Crippen LogP contribution in [0.5, 0.6) is 0 Å². The van der Waals surface area contributed by atoms with Gasteiger partial charge < -0.3 is 15.5 Å². The molecule has 1 rings (SSSR count). The van der Waals surface area contributed by atoms with E-state index >= 15 is 0 Å². The van der Waals surface area contributed by atoms with Crippen LogP contribution in [0.1, 0.15) is 13.8 Å². The van der Waals surface area contributed by atoms with Crippen molar-refractivity contribution in [3.63, 3.8) is 0 Å². The first kappa shape index (κ1) is 16.7. The Balaban J connectivity index is 3.29. The molecule has 0 spiro atoms. The van der Waals surface area contributed by atoms with Crippen LogP contribution in [0.15, 0.2) is 23.1 Å². The molecule has 0 aliphatic rings. The third-order valence-corrected chi connectivity index (χ3v) is 4.04.